The van der Waals surface area contributed by atoms with Gasteiger partial charge in [0.05, 0.1) is 0 Å². The third-order valence-electron chi connectivity index (χ3n) is 2.47. The van der Waals surface area contributed by atoms with Gasteiger partial charge >= 0.3 is 0 Å². The van der Waals surface area contributed by atoms with Crippen LogP contribution in [0.25, 0.3) is 0 Å². The molecule has 0 heterocycles. The lowest BCUT2D eigenvalue weighted by Crippen LogP contribution is -2.19. The van der Waals surface area contributed by atoms with Gasteiger partial charge in [0.15, 0.2) is 0 Å². The van der Waals surface area contributed by atoms with Crippen LogP contribution in [0.15, 0.2) is 23.1 Å². The summed E-state index contributed by atoms with van der Waals surface area (Å²) in [5.74, 6) is 1.17. The first kappa shape index (κ1) is 15.5. The molecule has 1 aromatic rings. The molecule has 4 heteroatoms. The maximum absolute atomic E-state index is 13.8. The first-order valence-corrected chi connectivity index (χ1v) is 7.35. The first-order chi connectivity index (χ1) is 8.65. The van der Waals surface area contributed by atoms with E-state index in [4.69, 9.17) is 5.11 Å². The summed E-state index contributed by atoms with van der Waals surface area (Å²) in [5, 5.41) is 12.1. The van der Waals surface area contributed by atoms with Gasteiger partial charge in [-0.3, -0.25) is 0 Å². The summed E-state index contributed by atoms with van der Waals surface area (Å²) in [4.78, 5) is 0.710. The maximum Gasteiger partial charge on any atom is 0.137 e. The summed E-state index contributed by atoms with van der Waals surface area (Å²) in [6.07, 6.45) is 0.692. The molecule has 0 radical (unpaired) electrons. The number of aliphatic hydroxyl groups is 1. The van der Waals surface area contributed by atoms with Gasteiger partial charge in [-0.05, 0) is 30.5 Å². The van der Waals surface area contributed by atoms with Crippen molar-refractivity contribution in [2.75, 3.05) is 18.9 Å². The van der Waals surface area contributed by atoms with E-state index in [1.807, 2.05) is 6.07 Å². The van der Waals surface area contributed by atoms with E-state index in [9.17, 15) is 4.39 Å². The van der Waals surface area contributed by atoms with Crippen LogP contribution >= 0.6 is 11.8 Å². The molecule has 0 aliphatic carbocycles. The average molecular weight is 271 g/mol. The van der Waals surface area contributed by atoms with E-state index in [1.54, 1.807) is 6.07 Å². The fourth-order valence-electron chi connectivity index (χ4n) is 1.59. The van der Waals surface area contributed by atoms with E-state index in [1.165, 1.54) is 17.8 Å². The van der Waals surface area contributed by atoms with E-state index in [-0.39, 0.29) is 12.4 Å². The standard InChI is InChI=1S/C14H22FNOS/c1-11(2)9-16-10-12-5-3-6-13(15)14(12)18-8-4-7-17/h3,5-6,11,16-17H,4,7-10H2,1-2H3. The summed E-state index contributed by atoms with van der Waals surface area (Å²) < 4.78 is 13.8. The number of hydrogen-bond acceptors (Lipinski definition) is 3. The van der Waals surface area contributed by atoms with Gasteiger partial charge in [0.2, 0.25) is 0 Å². The second-order valence-corrected chi connectivity index (χ2v) is 5.78. The molecule has 0 fully saturated rings. The fraction of sp³-hybridized carbons (Fsp3) is 0.571. The van der Waals surface area contributed by atoms with Crippen molar-refractivity contribution in [1.29, 1.82) is 0 Å². The molecule has 1 aromatic carbocycles. The number of hydrogen-bond donors (Lipinski definition) is 2. The van der Waals surface area contributed by atoms with Crippen LogP contribution in [-0.2, 0) is 6.54 Å². The number of rotatable bonds is 8. The highest BCUT2D eigenvalue weighted by Gasteiger charge is 2.08. The third-order valence-corrected chi connectivity index (χ3v) is 3.70. The van der Waals surface area contributed by atoms with E-state index in [0.29, 0.717) is 23.8 Å². The highest BCUT2D eigenvalue weighted by molar-refractivity contribution is 7.99. The molecular formula is C14H22FNOS. The Balaban J connectivity index is 2.61. The SMILES string of the molecule is CC(C)CNCc1cccc(F)c1SCCCO. The van der Waals surface area contributed by atoms with Crippen molar-refractivity contribution in [3.05, 3.63) is 29.6 Å². The van der Waals surface area contributed by atoms with Gasteiger partial charge in [0.25, 0.3) is 0 Å². The summed E-state index contributed by atoms with van der Waals surface area (Å²) in [7, 11) is 0. The molecule has 0 saturated heterocycles. The molecule has 0 bridgehead atoms. The molecule has 0 amide bonds. The average Bonchev–Trinajstić information content (AvgIpc) is 2.32. The Kier molecular flexibility index (Phi) is 7.32. The summed E-state index contributed by atoms with van der Waals surface area (Å²) >= 11 is 1.48. The molecule has 2 nitrogen and oxygen atoms in total. The molecular weight excluding hydrogens is 249 g/mol. The van der Waals surface area contributed by atoms with Gasteiger partial charge in [0.1, 0.15) is 5.82 Å². The van der Waals surface area contributed by atoms with Crippen LogP contribution < -0.4 is 5.32 Å². The van der Waals surface area contributed by atoms with Crippen LogP contribution in [-0.4, -0.2) is 24.0 Å². The van der Waals surface area contributed by atoms with Crippen LogP contribution in [0, 0.1) is 11.7 Å². The highest BCUT2D eigenvalue weighted by Crippen LogP contribution is 2.26. The van der Waals surface area contributed by atoms with Crippen LogP contribution in [0.3, 0.4) is 0 Å². The smallest absolute Gasteiger partial charge is 0.137 e. The van der Waals surface area contributed by atoms with Gasteiger partial charge in [0, 0.05) is 23.8 Å². The van der Waals surface area contributed by atoms with E-state index in [0.717, 1.165) is 17.9 Å². The lowest BCUT2D eigenvalue weighted by atomic mass is 10.2. The van der Waals surface area contributed by atoms with Gasteiger partial charge in [-0.2, -0.15) is 0 Å². The van der Waals surface area contributed by atoms with E-state index >= 15 is 0 Å². The third kappa shape index (κ3) is 5.38. The summed E-state index contributed by atoms with van der Waals surface area (Å²) in [5.41, 5.74) is 0.999. The Hall–Kier alpha value is -0.580. The maximum atomic E-state index is 13.8. The van der Waals surface area contributed by atoms with Gasteiger partial charge < -0.3 is 10.4 Å². The van der Waals surface area contributed by atoms with E-state index < -0.39 is 0 Å². The van der Waals surface area contributed by atoms with Crippen molar-refractivity contribution in [1.82, 2.24) is 5.32 Å². The number of halogens is 1. The van der Waals surface area contributed by atoms with Crippen LogP contribution in [0.4, 0.5) is 4.39 Å². The number of benzene rings is 1. The van der Waals surface area contributed by atoms with Crippen LogP contribution in [0.5, 0.6) is 0 Å². The zero-order valence-corrected chi connectivity index (χ0v) is 11.9. The van der Waals surface area contributed by atoms with Crippen molar-refractivity contribution < 1.29 is 9.50 Å². The molecule has 0 spiro atoms. The molecule has 0 aliphatic rings. The minimum absolute atomic E-state index is 0.155. The molecule has 0 saturated carbocycles. The second kappa shape index (κ2) is 8.51. The predicted molar refractivity (Wildman–Crippen MR) is 75.4 cm³/mol. The number of aliphatic hydroxyl groups excluding tert-OH is 1. The van der Waals surface area contributed by atoms with Crippen molar-refractivity contribution in [3.63, 3.8) is 0 Å². The Morgan fingerprint density at radius 2 is 2.17 bits per heavy atom. The topological polar surface area (TPSA) is 32.3 Å². The molecule has 18 heavy (non-hydrogen) atoms. The Morgan fingerprint density at radius 3 is 2.83 bits per heavy atom. The normalized spacial score (nSPS) is 11.2. The Morgan fingerprint density at radius 1 is 1.39 bits per heavy atom. The minimum Gasteiger partial charge on any atom is -0.396 e. The molecule has 102 valence electrons. The fourth-order valence-corrected chi connectivity index (χ4v) is 2.60. The Labute approximate surface area is 113 Å². The van der Waals surface area contributed by atoms with Gasteiger partial charge in [-0.15, -0.1) is 11.8 Å². The Bertz CT molecular complexity index is 358. The zero-order valence-electron chi connectivity index (χ0n) is 11.1. The monoisotopic (exact) mass is 271 g/mol. The molecule has 0 atom stereocenters. The zero-order chi connectivity index (χ0) is 13.4. The number of nitrogens with one attached hydrogen (secondary N) is 1. The van der Waals surface area contributed by atoms with Crippen molar-refractivity contribution >= 4 is 11.8 Å². The summed E-state index contributed by atoms with van der Waals surface area (Å²) in [6, 6.07) is 5.20. The van der Waals surface area contributed by atoms with Crippen LogP contribution in [0.2, 0.25) is 0 Å². The van der Waals surface area contributed by atoms with E-state index in [2.05, 4.69) is 19.2 Å². The van der Waals surface area contributed by atoms with Crippen LogP contribution in [0.1, 0.15) is 25.8 Å². The minimum atomic E-state index is -0.165. The molecule has 0 aliphatic heterocycles. The largest absolute Gasteiger partial charge is 0.396 e. The lowest BCUT2D eigenvalue weighted by molar-refractivity contribution is 0.296. The molecule has 0 aromatic heterocycles. The molecule has 1 rings (SSSR count). The first-order valence-electron chi connectivity index (χ1n) is 6.37. The lowest BCUT2D eigenvalue weighted by Gasteiger charge is -2.12. The quantitative estimate of drug-likeness (QED) is 0.563. The van der Waals surface area contributed by atoms with Crippen molar-refractivity contribution in [3.8, 4) is 0 Å². The van der Waals surface area contributed by atoms with Crippen molar-refractivity contribution in [2.24, 2.45) is 5.92 Å². The van der Waals surface area contributed by atoms with Gasteiger partial charge in [-0.1, -0.05) is 26.0 Å². The summed E-state index contributed by atoms with van der Waals surface area (Å²) in [6.45, 7) is 6.07. The second-order valence-electron chi connectivity index (χ2n) is 4.68. The van der Waals surface area contributed by atoms with Gasteiger partial charge in [-0.25, -0.2) is 4.39 Å². The number of thioether (sulfide) groups is 1. The predicted octanol–water partition coefficient (Wildman–Crippen LogP) is 3.05. The van der Waals surface area contributed by atoms with Crippen molar-refractivity contribution in [2.45, 2.75) is 31.7 Å². The molecule has 0 unspecified atom stereocenters. The highest BCUT2D eigenvalue weighted by atomic mass is 32.2. The molecule has 2 N–H and O–H groups in total.